The van der Waals surface area contributed by atoms with Crippen LogP contribution in [-0.4, -0.2) is 24.4 Å². The summed E-state index contributed by atoms with van der Waals surface area (Å²) in [5.74, 6) is 0.0211. The van der Waals surface area contributed by atoms with Crippen LogP contribution in [0.15, 0.2) is 54.6 Å². The summed E-state index contributed by atoms with van der Waals surface area (Å²) in [6.45, 7) is 3.07. The SMILES string of the molecule is C[C@H](NC(=O)CN(C)Cc1ccc(Cl)cc1)c1ccccc1. The summed E-state index contributed by atoms with van der Waals surface area (Å²) in [5, 5.41) is 3.74. The minimum absolute atomic E-state index is 0.0117. The monoisotopic (exact) mass is 316 g/mol. The van der Waals surface area contributed by atoms with Gasteiger partial charge in [0.15, 0.2) is 0 Å². The molecule has 0 aliphatic carbocycles. The number of hydrogen-bond acceptors (Lipinski definition) is 2. The van der Waals surface area contributed by atoms with Gasteiger partial charge in [0, 0.05) is 11.6 Å². The zero-order valence-corrected chi connectivity index (χ0v) is 13.7. The van der Waals surface area contributed by atoms with Crippen molar-refractivity contribution in [1.29, 1.82) is 0 Å². The Hall–Kier alpha value is -1.84. The molecule has 116 valence electrons. The second-order valence-electron chi connectivity index (χ2n) is 5.50. The van der Waals surface area contributed by atoms with E-state index in [-0.39, 0.29) is 11.9 Å². The highest BCUT2D eigenvalue weighted by molar-refractivity contribution is 6.30. The molecule has 1 amide bonds. The number of amides is 1. The summed E-state index contributed by atoms with van der Waals surface area (Å²) in [7, 11) is 1.93. The minimum Gasteiger partial charge on any atom is -0.348 e. The fraction of sp³-hybridized carbons (Fsp3) is 0.278. The van der Waals surface area contributed by atoms with Gasteiger partial charge in [0.1, 0.15) is 0 Å². The van der Waals surface area contributed by atoms with E-state index >= 15 is 0 Å². The van der Waals surface area contributed by atoms with Gasteiger partial charge in [0.05, 0.1) is 12.6 Å². The quantitative estimate of drug-likeness (QED) is 0.882. The lowest BCUT2D eigenvalue weighted by Gasteiger charge is -2.19. The lowest BCUT2D eigenvalue weighted by atomic mass is 10.1. The first-order chi connectivity index (χ1) is 10.5. The van der Waals surface area contributed by atoms with Crippen molar-refractivity contribution in [1.82, 2.24) is 10.2 Å². The summed E-state index contributed by atoms with van der Waals surface area (Å²) < 4.78 is 0. The molecule has 2 aromatic rings. The molecule has 4 heteroatoms. The Balaban J connectivity index is 1.82. The van der Waals surface area contributed by atoms with Crippen LogP contribution in [0.5, 0.6) is 0 Å². The van der Waals surface area contributed by atoms with Crippen molar-refractivity contribution >= 4 is 17.5 Å². The number of likely N-dealkylation sites (N-methyl/N-ethyl adjacent to an activating group) is 1. The molecule has 0 saturated carbocycles. The topological polar surface area (TPSA) is 32.3 Å². The predicted octanol–water partition coefficient (Wildman–Crippen LogP) is 3.65. The van der Waals surface area contributed by atoms with E-state index in [1.54, 1.807) is 0 Å². The normalized spacial score (nSPS) is 12.2. The largest absolute Gasteiger partial charge is 0.348 e. The molecular weight excluding hydrogens is 296 g/mol. The molecule has 0 bridgehead atoms. The molecule has 0 fully saturated rings. The van der Waals surface area contributed by atoms with Crippen molar-refractivity contribution in [3.63, 3.8) is 0 Å². The molecule has 0 aromatic heterocycles. The van der Waals surface area contributed by atoms with E-state index in [2.05, 4.69) is 5.32 Å². The highest BCUT2D eigenvalue weighted by Gasteiger charge is 2.11. The lowest BCUT2D eigenvalue weighted by molar-refractivity contribution is -0.122. The fourth-order valence-corrected chi connectivity index (χ4v) is 2.44. The van der Waals surface area contributed by atoms with Gasteiger partial charge in [-0.2, -0.15) is 0 Å². The molecular formula is C18H21ClN2O. The third-order valence-corrected chi connectivity index (χ3v) is 3.71. The smallest absolute Gasteiger partial charge is 0.234 e. The molecule has 0 unspecified atom stereocenters. The van der Waals surface area contributed by atoms with Gasteiger partial charge >= 0.3 is 0 Å². The van der Waals surface area contributed by atoms with Crippen molar-refractivity contribution in [2.24, 2.45) is 0 Å². The highest BCUT2D eigenvalue weighted by Crippen LogP contribution is 2.12. The molecule has 0 aliphatic rings. The molecule has 0 spiro atoms. The van der Waals surface area contributed by atoms with Crippen molar-refractivity contribution < 1.29 is 4.79 Å². The number of hydrogen-bond donors (Lipinski definition) is 1. The van der Waals surface area contributed by atoms with Gasteiger partial charge in [-0.25, -0.2) is 0 Å². The highest BCUT2D eigenvalue weighted by atomic mass is 35.5. The lowest BCUT2D eigenvalue weighted by Crippen LogP contribution is -2.36. The summed E-state index contributed by atoms with van der Waals surface area (Å²) in [4.78, 5) is 14.1. The fourth-order valence-electron chi connectivity index (χ4n) is 2.31. The Morgan fingerprint density at radius 3 is 2.41 bits per heavy atom. The first-order valence-corrected chi connectivity index (χ1v) is 7.69. The van der Waals surface area contributed by atoms with Crippen molar-refractivity contribution in [2.45, 2.75) is 19.5 Å². The van der Waals surface area contributed by atoms with Crippen LogP contribution in [0.4, 0.5) is 0 Å². The molecule has 0 saturated heterocycles. The maximum Gasteiger partial charge on any atom is 0.234 e. The minimum atomic E-state index is 0.0117. The summed E-state index contributed by atoms with van der Waals surface area (Å²) in [6.07, 6.45) is 0. The van der Waals surface area contributed by atoms with E-state index in [0.717, 1.165) is 16.1 Å². The Kier molecular flexibility index (Phi) is 5.99. The maximum absolute atomic E-state index is 12.1. The van der Waals surface area contributed by atoms with Crippen LogP contribution in [0, 0.1) is 0 Å². The van der Waals surface area contributed by atoms with Gasteiger partial charge in [-0.3, -0.25) is 9.69 Å². The van der Waals surface area contributed by atoms with E-state index in [0.29, 0.717) is 13.1 Å². The van der Waals surface area contributed by atoms with Crippen LogP contribution in [-0.2, 0) is 11.3 Å². The van der Waals surface area contributed by atoms with Crippen LogP contribution in [0.2, 0.25) is 5.02 Å². The zero-order chi connectivity index (χ0) is 15.9. The number of rotatable bonds is 6. The third kappa shape index (κ3) is 5.17. The van der Waals surface area contributed by atoms with Gasteiger partial charge in [-0.05, 0) is 37.2 Å². The number of nitrogens with one attached hydrogen (secondary N) is 1. The number of nitrogens with zero attached hydrogens (tertiary/aromatic N) is 1. The van der Waals surface area contributed by atoms with E-state index < -0.39 is 0 Å². The molecule has 3 nitrogen and oxygen atoms in total. The van der Waals surface area contributed by atoms with Gasteiger partial charge in [0.2, 0.25) is 5.91 Å². The number of carbonyl (C=O) groups excluding carboxylic acids is 1. The van der Waals surface area contributed by atoms with E-state index in [1.165, 1.54) is 0 Å². The maximum atomic E-state index is 12.1. The predicted molar refractivity (Wildman–Crippen MR) is 90.8 cm³/mol. The standard InChI is InChI=1S/C18H21ClN2O/c1-14(16-6-4-3-5-7-16)20-18(22)13-21(2)12-15-8-10-17(19)11-9-15/h3-11,14H,12-13H2,1-2H3,(H,20,22)/t14-/m0/s1. The van der Waals surface area contributed by atoms with Gasteiger partial charge in [-0.1, -0.05) is 54.1 Å². The molecule has 0 aliphatic heterocycles. The number of carbonyl (C=O) groups is 1. The van der Waals surface area contributed by atoms with Gasteiger partial charge in [-0.15, -0.1) is 0 Å². The average Bonchev–Trinajstić information content (AvgIpc) is 2.50. The summed E-state index contributed by atoms with van der Waals surface area (Å²) >= 11 is 5.87. The van der Waals surface area contributed by atoms with Crippen molar-refractivity contribution in [3.8, 4) is 0 Å². The van der Waals surface area contributed by atoms with Crippen LogP contribution < -0.4 is 5.32 Å². The first-order valence-electron chi connectivity index (χ1n) is 7.32. The molecule has 0 heterocycles. The van der Waals surface area contributed by atoms with Crippen LogP contribution >= 0.6 is 11.6 Å². The third-order valence-electron chi connectivity index (χ3n) is 3.46. The van der Waals surface area contributed by atoms with E-state index in [1.807, 2.05) is 73.5 Å². The Bertz CT molecular complexity index is 598. The van der Waals surface area contributed by atoms with Crippen LogP contribution in [0.25, 0.3) is 0 Å². The van der Waals surface area contributed by atoms with Gasteiger partial charge < -0.3 is 5.32 Å². The second kappa shape index (κ2) is 7.97. The summed E-state index contributed by atoms with van der Waals surface area (Å²) in [5.41, 5.74) is 2.24. The molecule has 2 rings (SSSR count). The Morgan fingerprint density at radius 1 is 1.14 bits per heavy atom. The summed E-state index contributed by atoms with van der Waals surface area (Å²) in [6, 6.07) is 17.6. The van der Waals surface area contributed by atoms with E-state index in [9.17, 15) is 4.79 Å². The van der Waals surface area contributed by atoms with Crippen molar-refractivity contribution in [2.75, 3.05) is 13.6 Å². The Morgan fingerprint density at radius 2 is 1.77 bits per heavy atom. The molecule has 22 heavy (non-hydrogen) atoms. The van der Waals surface area contributed by atoms with Gasteiger partial charge in [0.25, 0.3) is 0 Å². The van der Waals surface area contributed by atoms with E-state index in [4.69, 9.17) is 11.6 Å². The average molecular weight is 317 g/mol. The molecule has 2 aromatic carbocycles. The molecule has 1 N–H and O–H groups in total. The van der Waals surface area contributed by atoms with Crippen LogP contribution in [0.1, 0.15) is 24.1 Å². The number of benzene rings is 2. The zero-order valence-electron chi connectivity index (χ0n) is 12.9. The first kappa shape index (κ1) is 16.5. The van der Waals surface area contributed by atoms with Crippen molar-refractivity contribution in [3.05, 3.63) is 70.7 Å². The second-order valence-corrected chi connectivity index (χ2v) is 5.94. The molecule has 0 radical (unpaired) electrons. The molecule has 1 atom stereocenters. The Labute approximate surface area is 136 Å². The number of halogens is 1. The van der Waals surface area contributed by atoms with Crippen LogP contribution in [0.3, 0.4) is 0 Å².